The fourth-order valence-corrected chi connectivity index (χ4v) is 2.19. The van der Waals surface area contributed by atoms with Crippen molar-refractivity contribution in [3.63, 3.8) is 0 Å². The van der Waals surface area contributed by atoms with Gasteiger partial charge in [0.1, 0.15) is 0 Å². The van der Waals surface area contributed by atoms with Crippen LogP contribution in [0.25, 0.3) is 0 Å². The second-order valence-corrected chi connectivity index (χ2v) is 6.25. The summed E-state index contributed by atoms with van der Waals surface area (Å²) in [5.74, 6) is 0. The molecule has 0 saturated carbocycles. The Bertz CT molecular complexity index is 158. The largest absolute Gasteiger partial charge is 0.385 e. The summed E-state index contributed by atoms with van der Waals surface area (Å²) in [6.07, 6.45) is 3.54. The molecule has 0 bridgehead atoms. The van der Waals surface area contributed by atoms with Crippen LogP contribution in [0.15, 0.2) is 0 Å². The van der Waals surface area contributed by atoms with E-state index in [1.807, 2.05) is 0 Å². The summed E-state index contributed by atoms with van der Waals surface area (Å²) in [6, 6.07) is 0. The lowest BCUT2D eigenvalue weighted by Gasteiger charge is -2.33. The summed E-state index contributed by atoms with van der Waals surface area (Å²) in [5, 5.41) is 3.62. The van der Waals surface area contributed by atoms with Gasteiger partial charge in [0.25, 0.3) is 0 Å². The van der Waals surface area contributed by atoms with Crippen LogP contribution in [0.2, 0.25) is 0 Å². The van der Waals surface area contributed by atoms with Crippen molar-refractivity contribution in [2.75, 3.05) is 20.3 Å². The third kappa shape index (κ3) is 10.2. The number of methoxy groups -OCH3 is 1. The minimum Gasteiger partial charge on any atom is -0.385 e. The highest BCUT2D eigenvalue weighted by Gasteiger charge is 2.24. The molecule has 15 heavy (non-hydrogen) atoms. The average molecular weight is 215 g/mol. The van der Waals surface area contributed by atoms with E-state index in [2.05, 4.69) is 39.9 Å². The van der Waals surface area contributed by atoms with Crippen molar-refractivity contribution in [1.29, 1.82) is 0 Å². The quantitative estimate of drug-likeness (QED) is 0.658. The minimum absolute atomic E-state index is 0.241. The van der Waals surface area contributed by atoms with E-state index in [1.165, 1.54) is 12.8 Å². The number of ether oxygens (including phenoxy) is 1. The number of rotatable bonds is 7. The highest BCUT2D eigenvalue weighted by Crippen LogP contribution is 2.26. The van der Waals surface area contributed by atoms with E-state index in [1.54, 1.807) is 7.11 Å². The van der Waals surface area contributed by atoms with Crippen LogP contribution in [0.4, 0.5) is 0 Å². The van der Waals surface area contributed by atoms with Gasteiger partial charge < -0.3 is 10.1 Å². The fourth-order valence-electron chi connectivity index (χ4n) is 2.19. The normalized spacial score (nSPS) is 13.2. The van der Waals surface area contributed by atoms with E-state index in [-0.39, 0.29) is 5.54 Å². The van der Waals surface area contributed by atoms with Gasteiger partial charge in [-0.2, -0.15) is 0 Å². The van der Waals surface area contributed by atoms with Gasteiger partial charge in [-0.15, -0.1) is 0 Å². The Kier molecular flexibility index (Phi) is 6.46. The molecule has 0 aromatic heterocycles. The summed E-state index contributed by atoms with van der Waals surface area (Å²) in [4.78, 5) is 0. The van der Waals surface area contributed by atoms with E-state index in [4.69, 9.17) is 4.74 Å². The highest BCUT2D eigenvalue weighted by molar-refractivity contribution is 4.82. The van der Waals surface area contributed by atoms with Crippen LogP contribution in [0, 0.1) is 5.41 Å². The molecule has 0 aromatic carbocycles. The van der Waals surface area contributed by atoms with E-state index in [9.17, 15) is 0 Å². The Balaban J connectivity index is 3.65. The molecule has 0 aromatic rings. The van der Waals surface area contributed by atoms with Crippen molar-refractivity contribution in [1.82, 2.24) is 5.32 Å². The van der Waals surface area contributed by atoms with Gasteiger partial charge >= 0.3 is 0 Å². The Morgan fingerprint density at radius 2 is 1.60 bits per heavy atom. The number of hydrogen-bond acceptors (Lipinski definition) is 2. The first-order chi connectivity index (χ1) is 6.77. The maximum atomic E-state index is 5.03. The van der Waals surface area contributed by atoms with Gasteiger partial charge in [-0.05, 0) is 45.1 Å². The maximum absolute atomic E-state index is 5.03. The molecule has 2 nitrogen and oxygen atoms in total. The molecule has 0 aliphatic carbocycles. The first-order valence-electron chi connectivity index (χ1n) is 6.01. The molecule has 0 aliphatic heterocycles. The van der Waals surface area contributed by atoms with Gasteiger partial charge in [0.2, 0.25) is 0 Å². The van der Waals surface area contributed by atoms with Gasteiger partial charge in [-0.1, -0.05) is 20.8 Å². The van der Waals surface area contributed by atoms with Crippen LogP contribution < -0.4 is 5.32 Å². The zero-order chi connectivity index (χ0) is 11.9. The monoisotopic (exact) mass is 215 g/mol. The molecule has 0 aliphatic rings. The minimum atomic E-state index is 0.241. The molecule has 2 heteroatoms. The van der Waals surface area contributed by atoms with Gasteiger partial charge in [-0.3, -0.25) is 0 Å². The third-order valence-corrected chi connectivity index (χ3v) is 2.35. The SMILES string of the molecule is COCCCCNC(C)(C)CC(C)(C)C. The predicted octanol–water partition coefficient (Wildman–Crippen LogP) is 3.22. The molecular formula is C13H29NO. The van der Waals surface area contributed by atoms with Gasteiger partial charge in [0, 0.05) is 19.3 Å². The second-order valence-electron chi connectivity index (χ2n) is 6.25. The summed E-state index contributed by atoms with van der Waals surface area (Å²) < 4.78 is 5.03. The molecule has 0 spiro atoms. The molecule has 0 radical (unpaired) electrons. The van der Waals surface area contributed by atoms with E-state index >= 15 is 0 Å². The Morgan fingerprint density at radius 3 is 2.07 bits per heavy atom. The van der Waals surface area contributed by atoms with Crippen molar-refractivity contribution in [3.8, 4) is 0 Å². The predicted molar refractivity (Wildman–Crippen MR) is 67.3 cm³/mol. The number of unbranched alkanes of at least 4 members (excludes halogenated alkanes) is 1. The van der Waals surface area contributed by atoms with Crippen molar-refractivity contribution in [2.45, 2.75) is 59.4 Å². The first-order valence-corrected chi connectivity index (χ1v) is 6.01. The molecule has 0 unspecified atom stereocenters. The van der Waals surface area contributed by atoms with Crippen molar-refractivity contribution in [3.05, 3.63) is 0 Å². The molecule has 1 N–H and O–H groups in total. The number of hydrogen-bond donors (Lipinski definition) is 1. The molecule has 0 heterocycles. The van der Waals surface area contributed by atoms with Crippen LogP contribution in [-0.2, 0) is 4.74 Å². The van der Waals surface area contributed by atoms with Crippen LogP contribution in [0.5, 0.6) is 0 Å². The lowest BCUT2D eigenvalue weighted by atomic mass is 9.82. The number of nitrogens with one attached hydrogen (secondary N) is 1. The molecule has 0 rings (SSSR count). The summed E-state index contributed by atoms with van der Waals surface area (Å²) in [7, 11) is 1.76. The fraction of sp³-hybridized carbons (Fsp3) is 1.00. The molecular weight excluding hydrogens is 186 g/mol. The zero-order valence-corrected chi connectivity index (χ0v) is 11.4. The standard InChI is InChI=1S/C13H29NO/c1-12(2,3)11-13(4,5)14-9-7-8-10-15-6/h14H,7-11H2,1-6H3. The summed E-state index contributed by atoms with van der Waals surface area (Å²) in [6.45, 7) is 13.4. The Hall–Kier alpha value is -0.0800. The second kappa shape index (κ2) is 6.49. The smallest absolute Gasteiger partial charge is 0.0462 e. The molecule has 0 saturated heterocycles. The van der Waals surface area contributed by atoms with E-state index < -0.39 is 0 Å². The maximum Gasteiger partial charge on any atom is 0.0462 e. The van der Waals surface area contributed by atoms with Crippen molar-refractivity contribution in [2.24, 2.45) is 5.41 Å². The topological polar surface area (TPSA) is 21.3 Å². The van der Waals surface area contributed by atoms with E-state index in [0.29, 0.717) is 5.41 Å². The highest BCUT2D eigenvalue weighted by atomic mass is 16.5. The summed E-state index contributed by atoms with van der Waals surface area (Å²) in [5.41, 5.74) is 0.633. The van der Waals surface area contributed by atoms with Crippen LogP contribution in [-0.4, -0.2) is 25.8 Å². The lowest BCUT2D eigenvalue weighted by molar-refractivity contribution is 0.189. The van der Waals surface area contributed by atoms with Gasteiger partial charge in [0.05, 0.1) is 0 Å². The first kappa shape index (κ1) is 14.9. The Morgan fingerprint density at radius 1 is 1.00 bits per heavy atom. The van der Waals surface area contributed by atoms with Gasteiger partial charge in [-0.25, -0.2) is 0 Å². The zero-order valence-electron chi connectivity index (χ0n) is 11.4. The molecule has 0 amide bonds. The average Bonchev–Trinajstić information content (AvgIpc) is 1.99. The van der Waals surface area contributed by atoms with Crippen LogP contribution in [0.1, 0.15) is 53.9 Å². The van der Waals surface area contributed by atoms with Gasteiger partial charge in [0.15, 0.2) is 0 Å². The summed E-state index contributed by atoms with van der Waals surface area (Å²) >= 11 is 0. The van der Waals surface area contributed by atoms with Crippen LogP contribution >= 0.6 is 0 Å². The molecule has 92 valence electrons. The van der Waals surface area contributed by atoms with Crippen molar-refractivity contribution < 1.29 is 4.74 Å². The third-order valence-electron chi connectivity index (χ3n) is 2.35. The molecule has 0 atom stereocenters. The van der Waals surface area contributed by atoms with E-state index in [0.717, 1.165) is 19.6 Å². The lowest BCUT2D eigenvalue weighted by Crippen LogP contribution is -2.42. The van der Waals surface area contributed by atoms with Crippen molar-refractivity contribution >= 4 is 0 Å². The van der Waals surface area contributed by atoms with Crippen LogP contribution in [0.3, 0.4) is 0 Å². The molecule has 0 fully saturated rings. The Labute approximate surface area is 95.8 Å².